The van der Waals surface area contributed by atoms with Gasteiger partial charge in [0.15, 0.2) is 0 Å². The van der Waals surface area contributed by atoms with Gasteiger partial charge in [0.25, 0.3) is 11.7 Å². The highest BCUT2D eigenvalue weighted by atomic mass is 16.6. The number of ether oxygens (including phenoxy) is 5. The summed E-state index contributed by atoms with van der Waals surface area (Å²) in [5.41, 5.74) is 1.53. The Bertz CT molecular complexity index is 1710. The molecule has 65 heavy (non-hydrogen) atoms. The van der Waals surface area contributed by atoms with Crippen LogP contribution in [0.5, 0.6) is 0 Å². The van der Waals surface area contributed by atoms with Crippen molar-refractivity contribution in [1.82, 2.24) is 4.90 Å². The van der Waals surface area contributed by atoms with E-state index in [4.69, 9.17) is 23.7 Å². The van der Waals surface area contributed by atoms with Gasteiger partial charge in [0.05, 0.1) is 30.5 Å². The van der Waals surface area contributed by atoms with Crippen LogP contribution < -0.4 is 0 Å². The van der Waals surface area contributed by atoms with Crippen LogP contribution in [0.15, 0.2) is 47.6 Å². The first-order chi connectivity index (χ1) is 30.7. The van der Waals surface area contributed by atoms with Gasteiger partial charge in [-0.1, -0.05) is 78.0 Å². The zero-order chi connectivity index (χ0) is 48.2. The van der Waals surface area contributed by atoms with E-state index in [0.29, 0.717) is 56.9 Å². The molecule has 0 radical (unpaired) electrons. The second kappa shape index (κ2) is 25.4. The summed E-state index contributed by atoms with van der Waals surface area (Å²) in [5, 5.41) is 34.1. The third-order valence-electron chi connectivity index (χ3n) is 15.2. The molecule has 2 unspecified atom stereocenters. The number of methoxy groups -OCH3 is 3. The topological polar surface area (TPSA) is 178 Å². The fourth-order valence-electron chi connectivity index (χ4n) is 10.5. The maximum atomic E-state index is 14.4. The molecule has 0 spiro atoms. The predicted octanol–water partition coefficient (Wildman–Crippen LogP) is 7.25. The number of hydrogen-bond acceptors (Lipinski definition) is 12. The lowest BCUT2D eigenvalue weighted by Gasteiger charge is -2.42. The molecule has 4 rings (SSSR count). The molecule has 3 N–H and O–H groups in total. The fourth-order valence-corrected chi connectivity index (χ4v) is 10.5. The normalized spacial score (nSPS) is 40.2. The van der Waals surface area contributed by atoms with Crippen molar-refractivity contribution >= 4 is 23.4 Å². The van der Waals surface area contributed by atoms with Gasteiger partial charge < -0.3 is 43.9 Å². The van der Waals surface area contributed by atoms with Gasteiger partial charge in [0.2, 0.25) is 5.79 Å². The molecule has 0 aromatic heterocycles. The SMILES string of the molecule is COC1CC2CC[C@@H](C)[C@@](O)(O2)C(=O)C(=O)N2CCCC[C@H]2C(=O)O[C@H]([C@H](C)C[C@@H]2CC[C@@H](O)[C@H](OC)C2)CC(=O)[C@H](C)/C=C(\C)[C@@H](O)[C@@H](OC)[C@@H](C)[C@H](C)C[C@H](C)/C=C/C=CC=C1C. The van der Waals surface area contributed by atoms with Crippen molar-refractivity contribution in [3.05, 3.63) is 47.6 Å². The molecule has 13 heteroatoms. The van der Waals surface area contributed by atoms with E-state index in [-0.39, 0.29) is 67.0 Å². The van der Waals surface area contributed by atoms with E-state index < -0.39 is 71.8 Å². The summed E-state index contributed by atoms with van der Waals surface area (Å²) in [6.07, 6.45) is 13.6. The quantitative estimate of drug-likeness (QED) is 0.138. The lowest BCUT2D eigenvalue weighted by molar-refractivity contribution is -0.265. The number of Topliss-reactive ketones (excluding diaryl/α,β-unsaturated/α-hetero) is 2. The van der Waals surface area contributed by atoms with E-state index in [1.807, 2.05) is 38.2 Å². The minimum atomic E-state index is -2.41. The lowest BCUT2D eigenvalue weighted by Crippen LogP contribution is -2.61. The van der Waals surface area contributed by atoms with Crippen molar-refractivity contribution in [3.8, 4) is 0 Å². The lowest BCUT2D eigenvalue weighted by atomic mass is 9.78. The maximum absolute atomic E-state index is 14.4. The van der Waals surface area contributed by atoms with Crippen molar-refractivity contribution in [2.45, 2.75) is 187 Å². The van der Waals surface area contributed by atoms with Gasteiger partial charge in [-0.15, -0.1) is 0 Å². The number of ketones is 2. The molecule has 1 aliphatic carbocycles. The standard InChI is InChI=1S/C52H83NO12/c1-31-17-13-12-14-18-32(2)44(61-9)29-40-22-20-37(7)52(60,65-40)49(57)50(58)53-24-16-15-19-41(53)51(59)64-45(35(5)27-39-21-23-42(54)46(28-39)62-10)30-43(55)34(4)26-36(6)47(56)48(63-11)38(8)33(3)25-31/h12-14,17-18,26,31,33-35,37-42,44-48,54,56,60H,15-16,19-25,27-30H2,1-11H3/b14-12?,17-13+,32-18?,36-26+/t31-,33-,34-,35-,37-,38+,39+,40?,41+,42-,44?,45+,46-,47-,48+,52-/m1/s1. The first-order valence-corrected chi connectivity index (χ1v) is 24.4. The van der Waals surface area contributed by atoms with Crippen molar-refractivity contribution in [3.63, 3.8) is 0 Å². The van der Waals surface area contributed by atoms with Crippen molar-refractivity contribution in [2.24, 2.45) is 41.4 Å². The Kier molecular flexibility index (Phi) is 21.3. The molecule has 1 amide bonds. The highest BCUT2D eigenvalue weighted by molar-refractivity contribution is 6.39. The summed E-state index contributed by atoms with van der Waals surface area (Å²) < 4.78 is 29.8. The predicted molar refractivity (Wildman–Crippen MR) is 249 cm³/mol. The fraction of sp³-hybridized carbons (Fsp3) is 0.769. The van der Waals surface area contributed by atoms with E-state index >= 15 is 0 Å². The largest absolute Gasteiger partial charge is 0.460 e. The van der Waals surface area contributed by atoms with Crippen molar-refractivity contribution in [1.29, 1.82) is 0 Å². The highest BCUT2D eigenvalue weighted by Crippen LogP contribution is 2.38. The van der Waals surface area contributed by atoms with E-state index in [1.165, 1.54) is 4.90 Å². The molecule has 2 bridgehead atoms. The zero-order valence-corrected chi connectivity index (χ0v) is 41.3. The number of hydrogen-bond donors (Lipinski definition) is 3. The molecule has 368 valence electrons. The first kappa shape index (κ1) is 54.6. The summed E-state index contributed by atoms with van der Waals surface area (Å²) in [6, 6.07) is -1.11. The van der Waals surface area contributed by atoms with Gasteiger partial charge >= 0.3 is 5.97 Å². The van der Waals surface area contributed by atoms with E-state index in [2.05, 4.69) is 26.8 Å². The summed E-state index contributed by atoms with van der Waals surface area (Å²) >= 11 is 0. The summed E-state index contributed by atoms with van der Waals surface area (Å²) in [5.74, 6) is -6.46. The minimum absolute atomic E-state index is 0.0134. The number of aliphatic hydroxyl groups is 3. The molecular weight excluding hydrogens is 831 g/mol. The van der Waals surface area contributed by atoms with Crippen LogP contribution in [0.3, 0.4) is 0 Å². The number of esters is 1. The first-order valence-electron chi connectivity index (χ1n) is 24.4. The molecular formula is C52H83NO12. The number of piperidine rings is 1. The van der Waals surface area contributed by atoms with Gasteiger partial charge in [0, 0.05) is 52.6 Å². The number of nitrogens with zero attached hydrogens (tertiary/aromatic N) is 1. The van der Waals surface area contributed by atoms with Crippen LogP contribution in [0.25, 0.3) is 0 Å². The van der Waals surface area contributed by atoms with E-state index in [1.54, 1.807) is 48.2 Å². The molecule has 3 fully saturated rings. The van der Waals surface area contributed by atoms with Gasteiger partial charge in [-0.3, -0.25) is 14.4 Å². The third kappa shape index (κ3) is 14.5. The molecule has 16 atom stereocenters. The average molecular weight is 914 g/mol. The Morgan fingerprint density at radius 2 is 1.57 bits per heavy atom. The average Bonchev–Trinajstić information content (AvgIpc) is 3.28. The smallest absolute Gasteiger partial charge is 0.329 e. The van der Waals surface area contributed by atoms with Gasteiger partial charge in [-0.25, -0.2) is 4.79 Å². The number of fused-ring (bicyclic) bond motifs is 3. The molecule has 3 aliphatic heterocycles. The van der Waals surface area contributed by atoms with Crippen LogP contribution in [-0.2, 0) is 42.9 Å². The molecule has 0 aromatic carbocycles. The van der Waals surface area contributed by atoms with Crippen LogP contribution in [0.4, 0.5) is 0 Å². The second-order valence-electron chi connectivity index (χ2n) is 20.2. The Balaban J connectivity index is 1.70. The minimum Gasteiger partial charge on any atom is -0.460 e. The number of cyclic esters (lactones) is 1. The Morgan fingerprint density at radius 1 is 0.846 bits per heavy atom. The van der Waals surface area contributed by atoms with Crippen LogP contribution in [0.2, 0.25) is 0 Å². The number of carbonyl (C=O) groups excluding carboxylic acids is 4. The van der Waals surface area contributed by atoms with Crippen LogP contribution in [-0.4, -0.2) is 126 Å². The molecule has 4 aliphatic rings. The van der Waals surface area contributed by atoms with Crippen LogP contribution in [0.1, 0.15) is 132 Å². The Labute approximate surface area is 389 Å². The van der Waals surface area contributed by atoms with Crippen molar-refractivity contribution < 1.29 is 58.2 Å². The molecule has 3 heterocycles. The molecule has 13 nitrogen and oxygen atoms in total. The highest BCUT2D eigenvalue weighted by Gasteiger charge is 2.53. The monoisotopic (exact) mass is 914 g/mol. The summed E-state index contributed by atoms with van der Waals surface area (Å²) in [7, 11) is 4.79. The molecule has 1 saturated carbocycles. The van der Waals surface area contributed by atoms with E-state index in [0.717, 1.165) is 18.4 Å². The van der Waals surface area contributed by atoms with Crippen LogP contribution >= 0.6 is 0 Å². The van der Waals surface area contributed by atoms with Crippen molar-refractivity contribution in [2.75, 3.05) is 27.9 Å². The van der Waals surface area contributed by atoms with Gasteiger partial charge in [0.1, 0.15) is 24.0 Å². The summed E-state index contributed by atoms with van der Waals surface area (Å²) in [6.45, 7) is 15.7. The number of rotatable bonds is 6. The summed E-state index contributed by atoms with van der Waals surface area (Å²) in [4.78, 5) is 58.3. The molecule has 0 aromatic rings. The maximum Gasteiger partial charge on any atom is 0.329 e. The van der Waals surface area contributed by atoms with Gasteiger partial charge in [-0.05, 0) is 119 Å². The zero-order valence-electron chi connectivity index (χ0n) is 41.3. The van der Waals surface area contributed by atoms with Crippen LogP contribution in [0, 0.1) is 41.4 Å². The third-order valence-corrected chi connectivity index (χ3v) is 15.2. The Morgan fingerprint density at radius 3 is 2.25 bits per heavy atom. The number of carbonyl (C=O) groups is 4. The molecule has 2 saturated heterocycles. The number of amides is 1. The Hall–Kier alpha value is -3.04. The number of allylic oxidation sites excluding steroid dienone is 6. The second-order valence-corrected chi connectivity index (χ2v) is 20.2. The van der Waals surface area contributed by atoms with E-state index in [9.17, 15) is 34.5 Å². The van der Waals surface area contributed by atoms with Gasteiger partial charge in [-0.2, -0.15) is 0 Å². The number of aliphatic hydroxyl groups excluding tert-OH is 2.